The van der Waals surface area contributed by atoms with Gasteiger partial charge in [0.1, 0.15) is 5.75 Å². The van der Waals surface area contributed by atoms with Crippen LogP contribution in [0, 0.1) is 0 Å². The van der Waals surface area contributed by atoms with E-state index in [9.17, 15) is 9.59 Å². The van der Waals surface area contributed by atoms with Gasteiger partial charge in [0.15, 0.2) is 0 Å². The lowest BCUT2D eigenvalue weighted by Crippen LogP contribution is -2.07. The topological polar surface area (TPSA) is 52.6 Å². The molecule has 1 rings (SSSR count). The first-order valence-corrected chi connectivity index (χ1v) is 9.59. The quantitative estimate of drug-likeness (QED) is 0.261. The summed E-state index contributed by atoms with van der Waals surface area (Å²) in [4.78, 5) is 22.8. The Bertz CT molecular complexity index is 493. The molecule has 0 bridgehead atoms. The van der Waals surface area contributed by atoms with E-state index in [0.29, 0.717) is 17.9 Å². The van der Waals surface area contributed by atoms with Crippen molar-refractivity contribution in [1.29, 1.82) is 0 Å². The first-order chi connectivity index (χ1) is 12.1. The van der Waals surface area contributed by atoms with Gasteiger partial charge in [-0.05, 0) is 30.7 Å². The minimum atomic E-state index is -0.378. The van der Waals surface area contributed by atoms with Gasteiger partial charge < -0.3 is 9.47 Å². The van der Waals surface area contributed by atoms with Crippen LogP contribution in [0.5, 0.6) is 5.75 Å². The Kier molecular flexibility index (Phi) is 11.4. The molecule has 25 heavy (non-hydrogen) atoms. The Morgan fingerprint density at radius 1 is 0.800 bits per heavy atom. The molecule has 0 spiro atoms. The first kappa shape index (κ1) is 21.2. The average Bonchev–Trinajstić information content (AvgIpc) is 2.59. The summed E-state index contributed by atoms with van der Waals surface area (Å²) in [7, 11) is 0. The van der Waals surface area contributed by atoms with E-state index in [1.165, 1.54) is 58.3 Å². The lowest BCUT2D eigenvalue weighted by molar-refractivity contribution is -0.131. The summed E-state index contributed by atoms with van der Waals surface area (Å²) in [6, 6.07) is 6.41. The molecular formula is C21H32O4. The van der Waals surface area contributed by atoms with Crippen molar-refractivity contribution in [1.82, 2.24) is 0 Å². The molecule has 0 aromatic heterocycles. The second-order valence-corrected chi connectivity index (χ2v) is 6.44. The summed E-state index contributed by atoms with van der Waals surface area (Å²) in [5.74, 6) is -0.277. The van der Waals surface area contributed by atoms with Crippen molar-refractivity contribution in [3.05, 3.63) is 29.8 Å². The Morgan fingerprint density at radius 3 is 1.84 bits per heavy atom. The summed E-state index contributed by atoms with van der Waals surface area (Å²) in [5.41, 5.74) is 0.475. The van der Waals surface area contributed by atoms with Crippen LogP contribution in [0.25, 0.3) is 0 Å². The van der Waals surface area contributed by atoms with Crippen LogP contribution in [0.4, 0.5) is 0 Å². The summed E-state index contributed by atoms with van der Waals surface area (Å²) >= 11 is 0. The normalized spacial score (nSPS) is 10.5. The van der Waals surface area contributed by atoms with E-state index < -0.39 is 0 Å². The SMILES string of the molecule is CCCCCCCCCCCCOC(=O)c1ccc(OC(C)=O)cc1. The zero-order valence-electron chi connectivity index (χ0n) is 15.7. The summed E-state index contributed by atoms with van der Waals surface area (Å²) in [6.07, 6.45) is 12.6. The second-order valence-electron chi connectivity index (χ2n) is 6.44. The van der Waals surface area contributed by atoms with E-state index in [-0.39, 0.29) is 11.9 Å². The van der Waals surface area contributed by atoms with E-state index >= 15 is 0 Å². The number of benzene rings is 1. The van der Waals surface area contributed by atoms with Gasteiger partial charge >= 0.3 is 11.9 Å². The van der Waals surface area contributed by atoms with Crippen LogP contribution in [0.3, 0.4) is 0 Å². The fourth-order valence-corrected chi connectivity index (χ4v) is 2.66. The molecule has 0 aliphatic rings. The van der Waals surface area contributed by atoms with E-state index in [1.807, 2.05) is 0 Å². The highest BCUT2D eigenvalue weighted by Gasteiger charge is 2.07. The zero-order chi connectivity index (χ0) is 18.3. The molecule has 4 heteroatoms. The fraction of sp³-hybridized carbons (Fsp3) is 0.619. The van der Waals surface area contributed by atoms with E-state index in [1.54, 1.807) is 24.3 Å². The molecule has 0 unspecified atom stereocenters. The molecule has 1 aromatic carbocycles. The average molecular weight is 348 g/mol. The van der Waals surface area contributed by atoms with Crippen molar-refractivity contribution in [2.75, 3.05) is 6.61 Å². The van der Waals surface area contributed by atoms with Crippen LogP contribution in [0.15, 0.2) is 24.3 Å². The Balaban J connectivity index is 2.04. The van der Waals surface area contributed by atoms with Gasteiger partial charge in [0.25, 0.3) is 0 Å². The minimum Gasteiger partial charge on any atom is -0.462 e. The van der Waals surface area contributed by atoms with Gasteiger partial charge in [-0.3, -0.25) is 4.79 Å². The zero-order valence-corrected chi connectivity index (χ0v) is 15.7. The number of hydrogen-bond donors (Lipinski definition) is 0. The van der Waals surface area contributed by atoms with Crippen LogP contribution in [0.2, 0.25) is 0 Å². The number of carbonyl (C=O) groups is 2. The Morgan fingerprint density at radius 2 is 1.32 bits per heavy atom. The molecule has 0 aliphatic carbocycles. The lowest BCUT2D eigenvalue weighted by Gasteiger charge is -2.06. The second kappa shape index (κ2) is 13.5. The van der Waals surface area contributed by atoms with Gasteiger partial charge in [0.05, 0.1) is 12.2 Å². The van der Waals surface area contributed by atoms with E-state index in [0.717, 1.165) is 12.8 Å². The molecule has 0 aliphatic heterocycles. The van der Waals surface area contributed by atoms with E-state index in [4.69, 9.17) is 9.47 Å². The van der Waals surface area contributed by atoms with Crippen molar-refractivity contribution in [2.45, 2.75) is 78.1 Å². The van der Waals surface area contributed by atoms with Gasteiger partial charge in [-0.1, -0.05) is 64.7 Å². The summed E-state index contributed by atoms with van der Waals surface area (Å²) in [5, 5.41) is 0. The smallest absolute Gasteiger partial charge is 0.338 e. The van der Waals surface area contributed by atoms with Crippen LogP contribution < -0.4 is 4.74 Å². The fourth-order valence-electron chi connectivity index (χ4n) is 2.66. The van der Waals surface area contributed by atoms with Gasteiger partial charge in [0, 0.05) is 6.92 Å². The molecule has 1 aromatic rings. The van der Waals surface area contributed by atoms with Crippen LogP contribution >= 0.6 is 0 Å². The molecule has 140 valence electrons. The standard InChI is InChI=1S/C21H32O4/c1-3-4-5-6-7-8-9-10-11-12-17-24-21(23)19-13-15-20(16-14-19)25-18(2)22/h13-16H,3-12,17H2,1-2H3. The Hall–Kier alpha value is -1.84. The molecular weight excluding hydrogens is 316 g/mol. The van der Waals surface area contributed by atoms with Crippen molar-refractivity contribution >= 4 is 11.9 Å². The Labute approximate surface area is 151 Å². The maximum Gasteiger partial charge on any atom is 0.338 e. The lowest BCUT2D eigenvalue weighted by atomic mass is 10.1. The molecule has 0 saturated heterocycles. The maximum absolute atomic E-state index is 11.9. The molecule has 0 amide bonds. The molecule has 0 heterocycles. The largest absolute Gasteiger partial charge is 0.462 e. The predicted molar refractivity (Wildman–Crippen MR) is 99.9 cm³/mol. The molecule has 0 radical (unpaired) electrons. The van der Waals surface area contributed by atoms with Gasteiger partial charge in [-0.2, -0.15) is 0 Å². The number of ether oxygens (including phenoxy) is 2. The number of carbonyl (C=O) groups excluding carboxylic acids is 2. The number of rotatable bonds is 13. The third kappa shape index (κ3) is 10.6. The minimum absolute atomic E-state index is 0.328. The van der Waals surface area contributed by atoms with Crippen LogP contribution in [0.1, 0.15) is 88.4 Å². The van der Waals surface area contributed by atoms with Crippen molar-refractivity contribution < 1.29 is 19.1 Å². The number of unbranched alkanes of at least 4 members (excludes halogenated alkanes) is 9. The molecule has 0 N–H and O–H groups in total. The summed E-state index contributed by atoms with van der Waals surface area (Å²) in [6.45, 7) is 4.04. The maximum atomic E-state index is 11.9. The van der Waals surface area contributed by atoms with Crippen molar-refractivity contribution in [3.8, 4) is 5.75 Å². The van der Waals surface area contributed by atoms with Gasteiger partial charge in [-0.25, -0.2) is 4.79 Å². The highest BCUT2D eigenvalue weighted by molar-refractivity contribution is 5.89. The van der Waals surface area contributed by atoms with Crippen LogP contribution in [-0.4, -0.2) is 18.5 Å². The highest BCUT2D eigenvalue weighted by atomic mass is 16.5. The van der Waals surface area contributed by atoms with Gasteiger partial charge in [0.2, 0.25) is 0 Å². The third-order valence-electron chi connectivity index (χ3n) is 4.08. The number of esters is 2. The van der Waals surface area contributed by atoms with Crippen LogP contribution in [-0.2, 0) is 9.53 Å². The summed E-state index contributed by atoms with van der Waals surface area (Å²) < 4.78 is 10.2. The predicted octanol–water partition coefficient (Wildman–Crippen LogP) is 5.69. The molecule has 4 nitrogen and oxygen atoms in total. The first-order valence-electron chi connectivity index (χ1n) is 9.59. The van der Waals surface area contributed by atoms with E-state index in [2.05, 4.69) is 6.92 Å². The highest BCUT2D eigenvalue weighted by Crippen LogP contribution is 2.14. The third-order valence-corrected chi connectivity index (χ3v) is 4.08. The molecule has 0 atom stereocenters. The monoisotopic (exact) mass is 348 g/mol. The number of hydrogen-bond acceptors (Lipinski definition) is 4. The molecule has 0 saturated carbocycles. The molecule has 0 fully saturated rings. The van der Waals surface area contributed by atoms with Gasteiger partial charge in [-0.15, -0.1) is 0 Å². The van der Waals surface area contributed by atoms with Crippen molar-refractivity contribution in [3.63, 3.8) is 0 Å². The van der Waals surface area contributed by atoms with Crippen molar-refractivity contribution in [2.24, 2.45) is 0 Å².